The van der Waals surface area contributed by atoms with E-state index in [0.29, 0.717) is 28.7 Å². The first kappa shape index (κ1) is 16.8. The fourth-order valence-electron chi connectivity index (χ4n) is 3.18. The molecule has 2 N–H and O–H groups in total. The molecule has 0 radical (unpaired) electrons. The van der Waals surface area contributed by atoms with E-state index in [1.165, 1.54) is 6.33 Å². The molecule has 0 saturated carbocycles. The lowest BCUT2D eigenvalue weighted by Gasteiger charge is -2.28. The van der Waals surface area contributed by atoms with E-state index in [4.69, 9.17) is 4.74 Å². The third kappa shape index (κ3) is 3.01. The summed E-state index contributed by atoms with van der Waals surface area (Å²) in [5.74, 6) is 0.936. The number of amides is 1. The molecule has 27 heavy (non-hydrogen) atoms. The van der Waals surface area contributed by atoms with Crippen molar-refractivity contribution in [2.24, 2.45) is 0 Å². The van der Waals surface area contributed by atoms with E-state index < -0.39 is 6.04 Å². The molecule has 0 saturated heterocycles. The number of pyridine rings is 1. The molecule has 4 rings (SSSR count). The largest absolute Gasteiger partial charge is 0.495 e. The molecule has 1 atom stereocenters. The molecule has 2 aromatic heterocycles. The summed E-state index contributed by atoms with van der Waals surface area (Å²) in [4.78, 5) is 21.5. The van der Waals surface area contributed by atoms with Crippen molar-refractivity contribution in [3.63, 3.8) is 0 Å². The molecule has 3 heterocycles. The number of ether oxygens (including phenoxy) is 1. The monoisotopic (exact) mass is 362 g/mol. The third-order valence-electron chi connectivity index (χ3n) is 4.42. The highest BCUT2D eigenvalue weighted by atomic mass is 16.5. The zero-order chi connectivity index (χ0) is 18.8. The van der Waals surface area contributed by atoms with Crippen molar-refractivity contribution in [1.29, 1.82) is 0 Å². The fraction of sp³-hybridized carbons (Fsp3) is 0.158. The quantitative estimate of drug-likeness (QED) is 0.741. The minimum Gasteiger partial charge on any atom is -0.495 e. The molecule has 136 valence electrons. The van der Waals surface area contributed by atoms with E-state index in [0.717, 1.165) is 5.56 Å². The zero-order valence-corrected chi connectivity index (χ0v) is 14.9. The van der Waals surface area contributed by atoms with E-state index in [2.05, 4.69) is 25.7 Å². The number of hydrogen-bond donors (Lipinski definition) is 2. The molecular weight excluding hydrogens is 344 g/mol. The second-order valence-corrected chi connectivity index (χ2v) is 6.03. The van der Waals surface area contributed by atoms with Gasteiger partial charge in [0.15, 0.2) is 0 Å². The van der Waals surface area contributed by atoms with Crippen molar-refractivity contribution in [2.45, 2.75) is 13.0 Å². The van der Waals surface area contributed by atoms with Gasteiger partial charge in [0.05, 0.1) is 18.4 Å². The second-order valence-electron chi connectivity index (χ2n) is 6.03. The van der Waals surface area contributed by atoms with Gasteiger partial charge in [-0.25, -0.2) is 4.68 Å². The Kier molecular flexibility index (Phi) is 4.29. The summed E-state index contributed by atoms with van der Waals surface area (Å²) in [6.07, 6.45) is 4.85. The summed E-state index contributed by atoms with van der Waals surface area (Å²) < 4.78 is 7.03. The molecule has 1 aliphatic rings. The Bertz CT molecular complexity index is 1010. The first-order valence-electron chi connectivity index (χ1n) is 8.40. The lowest BCUT2D eigenvalue weighted by Crippen LogP contribution is -2.31. The molecule has 8 nitrogen and oxygen atoms in total. The summed E-state index contributed by atoms with van der Waals surface area (Å²) in [7, 11) is 1.57. The Hall–Kier alpha value is -3.68. The maximum absolute atomic E-state index is 13.2. The van der Waals surface area contributed by atoms with Gasteiger partial charge in [0, 0.05) is 18.1 Å². The molecule has 3 aromatic rings. The van der Waals surface area contributed by atoms with Gasteiger partial charge in [0.25, 0.3) is 5.91 Å². The van der Waals surface area contributed by atoms with Crippen molar-refractivity contribution in [3.8, 4) is 5.75 Å². The SMILES string of the molecule is COc1ccccc1NC(=O)C1=C(C)Nc2ncnn2[C@@H]1c1ccncc1. The van der Waals surface area contributed by atoms with Crippen LogP contribution in [0, 0.1) is 0 Å². The molecule has 8 heteroatoms. The van der Waals surface area contributed by atoms with Gasteiger partial charge in [0.1, 0.15) is 18.1 Å². The maximum Gasteiger partial charge on any atom is 0.255 e. The average molecular weight is 362 g/mol. The van der Waals surface area contributed by atoms with Crippen LogP contribution in [-0.2, 0) is 4.79 Å². The van der Waals surface area contributed by atoms with Gasteiger partial charge in [-0.15, -0.1) is 0 Å². The minimum absolute atomic E-state index is 0.243. The highest BCUT2D eigenvalue weighted by Crippen LogP contribution is 2.35. The van der Waals surface area contributed by atoms with Crippen LogP contribution in [0.2, 0.25) is 0 Å². The first-order chi connectivity index (χ1) is 13.2. The smallest absolute Gasteiger partial charge is 0.255 e. The van der Waals surface area contributed by atoms with E-state index in [1.807, 2.05) is 31.2 Å². The van der Waals surface area contributed by atoms with Crippen LogP contribution < -0.4 is 15.4 Å². The standard InChI is InChI=1S/C19H18N6O2/c1-12-16(18(26)24-14-5-3-4-6-15(14)27-2)17(13-7-9-20-10-8-13)25-19(23-12)21-11-22-25/h3-11,17H,1-2H3,(H,24,26)(H,21,22,23)/t17-/m1/s1. The number of nitrogens with zero attached hydrogens (tertiary/aromatic N) is 4. The Balaban J connectivity index is 1.76. The molecule has 1 amide bonds. The van der Waals surface area contributed by atoms with Gasteiger partial charge >= 0.3 is 0 Å². The first-order valence-corrected chi connectivity index (χ1v) is 8.40. The van der Waals surface area contributed by atoms with Gasteiger partial charge in [-0.05, 0) is 36.8 Å². The molecule has 0 fully saturated rings. The minimum atomic E-state index is -0.415. The third-order valence-corrected chi connectivity index (χ3v) is 4.42. The van der Waals surface area contributed by atoms with Crippen LogP contribution >= 0.6 is 0 Å². The zero-order valence-electron chi connectivity index (χ0n) is 14.9. The number of nitrogens with one attached hydrogen (secondary N) is 2. The molecule has 0 unspecified atom stereocenters. The van der Waals surface area contributed by atoms with Gasteiger partial charge in [0.2, 0.25) is 5.95 Å². The van der Waals surface area contributed by atoms with Gasteiger partial charge < -0.3 is 15.4 Å². The predicted octanol–water partition coefficient (Wildman–Crippen LogP) is 2.61. The summed E-state index contributed by atoms with van der Waals surface area (Å²) >= 11 is 0. The van der Waals surface area contributed by atoms with Gasteiger partial charge in [-0.3, -0.25) is 9.78 Å². The van der Waals surface area contributed by atoms with Crippen LogP contribution in [0.15, 0.2) is 66.4 Å². The van der Waals surface area contributed by atoms with E-state index >= 15 is 0 Å². The number of carbonyl (C=O) groups excluding carboxylic acids is 1. The number of benzene rings is 1. The van der Waals surface area contributed by atoms with Crippen molar-refractivity contribution in [3.05, 3.63) is 72.0 Å². The van der Waals surface area contributed by atoms with Crippen LogP contribution in [-0.4, -0.2) is 32.8 Å². The van der Waals surface area contributed by atoms with Crippen LogP contribution in [0.4, 0.5) is 11.6 Å². The number of methoxy groups -OCH3 is 1. The van der Waals surface area contributed by atoms with E-state index in [9.17, 15) is 4.79 Å². The summed E-state index contributed by atoms with van der Waals surface area (Å²) in [6, 6.07) is 10.6. The van der Waals surface area contributed by atoms with Crippen molar-refractivity contribution in [1.82, 2.24) is 19.7 Å². The maximum atomic E-state index is 13.2. The van der Waals surface area contributed by atoms with Crippen molar-refractivity contribution in [2.75, 3.05) is 17.7 Å². The van der Waals surface area contributed by atoms with Crippen LogP contribution in [0.5, 0.6) is 5.75 Å². The lowest BCUT2D eigenvalue weighted by atomic mass is 9.96. The lowest BCUT2D eigenvalue weighted by molar-refractivity contribution is -0.113. The highest BCUT2D eigenvalue weighted by molar-refractivity contribution is 6.06. The summed E-state index contributed by atoms with van der Waals surface area (Å²) in [5, 5.41) is 10.4. The second kappa shape index (κ2) is 6.91. The Morgan fingerprint density at radius 3 is 2.78 bits per heavy atom. The number of anilines is 2. The van der Waals surface area contributed by atoms with Crippen LogP contribution in [0.1, 0.15) is 18.5 Å². The summed E-state index contributed by atoms with van der Waals surface area (Å²) in [5.41, 5.74) is 2.75. The van der Waals surface area contributed by atoms with Crippen LogP contribution in [0.3, 0.4) is 0 Å². The average Bonchev–Trinajstić information content (AvgIpc) is 3.15. The van der Waals surface area contributed by atoms with Gasteiger partial charge in [-0.1, -0.05) is 12.1 Å². The number of allylic oxidation sites excluding steroid dienone is 1. The Morgan fingerprint density at radius 2 is 2.00 bits per heavy atom. The topological polar surface area (TPSA) is 94.0 Å². The van der Waals surface area contributed by atoms with Crippen molar-refractivity contribution < 1.29 is 9.53 Å². The number of aromatic nitrogens is 4. The van der Waals surface area contributed by atoms with Gasteiger partial charge in [-0.2, -0.15) is 10.1 Å². The number of rotatable bonds is 4. The molecule has 0 aliphatic carbocycles. The molecule has 1 aromatic carbocycles. The molecule has 0 bridgehead atoms. The summed E-state index contributed by atoms with van der Waals surface area (Å²) in [6.45, 7) is 1.85. The van der Waals surface area contributed by atoms with Crippen molar-refractivity contribution >= 4 is 17.5 Å². The fourth-order valence-corrected chi connectivity index (χ4v) is 3.18. The van der Waals surface area contributed by atoms with E-state index in [-0.39, 0.29) is 5.91 Å². The number of fused-ring (bicyclic) bond motifs is 1. The number of carbonyl (C=O) groups is 1. The molecular formula is C19H18N6O2. The highest BCUT2D eigenvalue weighted by Gasteiger charge is 2.33. The molecule has 0 spiro atoms. The molecule has 1 aliphatic heterocycles. The Morgan fingerprint density at radius 1 is 1.22 bits per heavy atom. The predicted molar refractivity (Wildman–Crippen MR) is 100 cm³/mol. The number of para-hydroxylation sites is 2. The number of hydrogen-bond acceptors (Lipinski definition) is 6. The van der Waals surface area contributed by atoms with Crippen LogP contribution in [0.25, 0.3) is 0 Å². The normalized spacial score (nSPS) is 15.7. The van der Waals surface area contributed by atoms with E-state index in [1.54, 1.807) is 36.3 Å². The Labute approximate surface area is 155 Å².